The Hall–Kier alpha value is -0.720. The highest BCUT2D eigenvalue weighted by molar-refractivity contribution is 7.84. The molecule has 1 aromatic heterocycles. The third kappa shape index (κ3) is 4.42. The Balaban J connectivity index is 2.42. The minimum atomic E-state index is -0.898. The highest BCUT2D eigenvalue weighted by Crippen LogP contribution is 2.14. The molecule has 90 valence electrons. The topological polar surface area (TPSA) is 66.4 Å². The van der Waals surface area contributed by atoms with E-state index >= 15 is 0 Å². The summed E-state index contributed by atoms with van der Waals surface area (Å²) < 4.78 is 11.0. The summed E-state index contributed by atoms with van der Waals surface area (Å²) >= 11 is 1.42. The van der Waals surface area contributed by atoms with Crippen LogP contribution in [0.4, 0.5) is 0 Å². The van der Waals surface area contributed by atoms with Gasteiger partial charge in [0, 0.05) is 45.7 Å². The smallest absolute Gasteiger partial charge is 0.336 e. The van der Waals surface area contributed by atoms with Crippen LogP contribution in [0.15, 0.2) is 11.4 Å². The lowest BCUT2D eigenvalue weighted by Gasteiger charge is -2.10. The minimum absolute atomic E-state index is 0.168. The first-order valence-corrected chi connectivity index (χ1v) is 7.44. The van der Waals surface area contributed by atoms with Gasteiger partial charge in [0.25, 0.3) is 0 Å². The monoisotopic (exact) mass is 261 g/mol. The van der Waals surface area contributed by atoms with Gasteiger partial charge in [-0.3, -0.25) is 4.21 Å². The quantitative estimate of drug-likeness (QED) is 0.810. The SMILES string of the molecule is CC(CS(C)=O)NCc1cc(C(=O)O)cs1. The molecule has 4 nitrogen and oxygen atoms in total. The van der Waals surface area contributed by atoms with E-state index in [-0.39, 0.29) is 6.04 Å². The standard InChI is InChI=1S/C10H15NO3S2/c1-7(6-16(2)14)11-4-9-3-8(5-15-9)10(12)13/h3,5,7,11H,4,6H2,1-2H3,(H,12,13). The summed E-state index contributed by atoms with van der Waals surface area (Å²) in [7, 11) is -0.809. The van der Waals surface area contributed by atoms with Gasteiger partial charge in [-0.05, 0) is 13.0 Å². The van der Waals surface area contributed by atoms with Gasteiger partial charge in [0.2, 0.25) is 0 Å². The fraction of sp³-hybridized carbons (Fsp3) is 0.500. The third-order valence-corrected chi connectivity index (χ3v) is 3.92. The van der Waals surface area contributed by atoms with Gasteiger partial charge in [-0.2, -0.15) is 0 Å². The zero-order chi connectivity index (χ0) is 12.1. The molecule has 2 atom stereocenters. The molecule has 16 heavy (non-hydrogen) atoms. The average molecular weight is 261 g/mol. The van der Waals surface area contributed by atoms with Crippen LogP contribution in [0.5, 0.6) is 0 Å². The molecular weight excluding hydrogens is 246 g/mol. The van der Waals surface area contributed by atoms with Crippen molar-refractivity contribution in [3.05, 3.63) is 21.9 Å². The number of hydrogen-bond donors (Lipinski definition) is 2. The van der Waals surface area contributed by atoms with Crippen molar-refractivity contribution in [1.82, 2.24) is 5.32 Å². The molecule has 0 saturated heterocycles. The van der Waals surface area contributed by atoms with Crippen molar-refractivity contribution in [1.29, 1.82) is 0 Å². The Morgan fingerprint density at radius 3 is 2.88 bits per heavy atom. The number of rotatable bonds is 6. The molecule has 0 saturated carbocycles. The first-order chi connectivity index (χ1) is 7.49. The van der Waals surface area contributed by atoms with E-state index in [0.717, 1.165) is 4.88 Å². The number of nitrogens with one attached hydrogen (secondary N) is 1. The molecule has 2 N–H and O–H groups in total. The zero-order valence-corrected chi connectivity index (χ0v) is 10.9. The van der Waals surface area contributed by atoms with Crippen LogP contribution in [0, 0.1) is 0 Å². The maximum Gasteiger partial charge on any atom is 0.336 e. The summed E-state index contributed by atoms with van der Waals surface area (Å²) in [6, 6.07) is 1.83. The number of carbonyl (C=O) groups is 1. The number of hydrogen-bond acceptors (Lipinski definition) is 4. The van der Waals surface area contributed by atoms with Gasteiger partial charge >= 0.3 is 5.97 Å². The van der Waals surface area contributed by atoms with Crippen LogP contribution in [0.25, 0.3) is 0 Å². The summed E-state index contributed by atoms with van der Waals surface area (Å²) in [5, 5.41) is 13.6. The fourth-order valence-corrected chi connectivity index (χ4v) is 2.90. The van der Waals surface area contributed by atoms with Crippen molar-refractivity contribution < 1.29 is 14.1 Å². The summed E-state index contributed by atoms with van der Waals surface area (Å²) in [6.07, 6.45) is 1.67. The summed E-state index contributed by atoms with van der Waals surface area (Å²) in [4.78, 5) is 11.6. The number of thiophene rings is 1. The van der Waals surface area contributed by atoms with Gasteiger partial charge in [-0.1, -0.05) is 0 Å². The Morgan fingerprint density at radius 2 is 2.38 bits per heavy atom. The molecule has 0 spiro atoms. The van der Waals surface area contributed by atoms with Crippen molar-refractivity contribution >= 4 is 28.1 Å². The lowest BCUT2D eigenvalue weighted by molar-refractivity contribution is 0.0697. The molecule has 0 aromatic carbocycles. The van der Waals surface area contributed by atoms with Gasteiger partial charge in [-0.15, -0.1) is 11.3 Å². The highest BCUT2D eigenvalue weighted by Gasteiger charge is 2.08. The van der Waals surface area contributed by atoms with Crippen molar-refractivity contribution in [2.24, 2.45) is 0 Å². The zero-order valence-electron chi connectivity index (χ0n) is 9.23. The second-order valence-electron chi connectivity index (χ2n) is 3.63. The molecular formula is C10H15NO3S2. The van der Waals surface area contributed by atoms with Gasteiger partial charge in [0.05, 0.1) is 5.56 Å². The molecule has 0 aliphatic rings. The molecule has 0 radical (unpaired) electrons. The number of aromatic carboxylic acids is 1. The summed E-state index contributed by atoms with van der Waals surface area (Å²) in [6.45, 7) is 2.59. The van der Waals surface area contributed by atoms with E-state index in [1.54, 1.807) is 17.7 Å². The van der Waals surface area contributed by atoms with Crippen molar-refractivity contribution in [2.75, 3.05) is 12.0 Å². The van der Waals surface area contributed by atoms with E-state index in [0.29, 0.717) is 17.9 Å². The Labute approximate surface area is 101 Å². The van der Waals surface area contributed by atoms with Gasteiger partial charge < -0.3 is 10.4 Å². The summed E-state index contributed by atoms with van der Waals surface area (Å²) in [5.74, 6) is -0.290. The van der Waals surface area contributed by atoms with E-state index in [4.69, 9.17) is 5.11 Å². The maximum absolute atomic E-state index is 11.0. The van der Waals surface area contributed by atoms with Gasteiger partial charge in [0.1, 0.15) is 0 Å². The van der Waals surface area contributed by atoms with Crippen LogP contribution in [0.3, 0.4) is 0 Å². The van der Waals surface area contributed by atoms with Crippen molar-refractivity contribution in [2.45, 2.75) is 19.5 Å². The molecule has 1 heterocycles. The molecule has 0 fully saturated rings. The van der Waals surface area contributed by atoms with Crippen molar-refractivity contribution in [3.63, 3.8) is 0 Å². The van der Waals surface area contributed by atoms with Gasteiger partial charge in [-0.25, -0.2) is 4.79 Å². The van der Waals surface area contributed by atoms with E-state index < -0.39 is 16.8 Å². The van der Waals surface area contributed by atoms with E-state index in [9.17, 15) is 9.00 Å². The highest BCUT2D eigenvalue weighted by atomic mass is 32.2. The largest absolute Gasteiger partial charge is 0.478 e. The van der Waals surface area contributed by atoms with E-state index in [1.807, 2.05) is 6.92 Å². The fourth-order valence-electron chi connectivity index (χ4n) is 1.27. The molecule has 1 rings (SSSR count). The molecule has 6 heteroatoms. The lowest BCUT2D eigenvalue weighted by Crippen LogP contribution is -2.30. The average Bonchev–Trinajstić information content (AvgIpc) is 2.61. The Bertz CT molecular complexity index is 389. The molecule has 2 unspecified atom stereocenters. The molecule has 0 amide bonds. The molecule has 0 aliphatic carbocycles. The van der Waals surface area contributed by atoms with Crippen LogP contribution in [0.2, 0.25) is 0 Å². The van der Waals surface area contributed by atoms with Crippen LogP contribution < -0.4 is 5.32 Å². The predicted molar refractivity (Wildman–Crippen MR) is 66.5 cm³/mol. The second-order valence-corrected chi connectivity index (χ2v) is 6.10. The predicted octanol–water partition coefficient (Wildman–Crippen LogP) is 1.30. The first kappa shape index (κ1) is 13.3. The summed E-state index contributed by atoms with van der Waals surface area (Å²) in [5.41, 5.74) is 0.327. The van der Waals surface area contributed by atoms with Crippen LogP contribution in [-0.2, 0) is 17.3 Å². The first-order valence-electron chi connectivity index (χ1n) is 4.83. The van der Waals surface area contributed by atoms with Crippen molar-refractivity contribution in [3.8, 4) is 0 Å². The van der Waals surface area contributed by atoms with Crippen LogP contribution in [0.1, 0.15) is 22.2 Å². The normalized spacial score (nSPS) is 14.6. The van der Waals surface area contributed by atoms with Crippen LogP contribution >= 0.6 is 11.3 Å². The van der Waals surface area contributed by atoms with E-state index in [2.05, 4.69) is 5.32 Å². The minimum Gasteiger partial charge on any atom is -0.478 e. The Morgan fingerprint density at radius 1 is 1.69 bits per heavy atom. The Kier molecular flexibility index (Phi) is 5.11. The maximum atomic E-state index is 11.0. The molecule has 0 bridgehead atoms. The third-order valence-electron chi connectivity index (χ3n) is 2.01. The molecule has 0 aliphatic heterocycles. The number of carboxylic acids is 1. The number of carboxylic acid groups (broad SMARTS) is 1. The lowest BCUT2D eigenvalue weighted by atomic mass is 10.3. The van der Waals surface area contributed by atoms with Gasteiger partial charge in [0.15, 0.2) is 0 Å². The molecule has 1 aromatic rings. The van der Waals surface area contributed by atoms with Crippen LogP contribution in [-0.4, -0.2) is 33.3 Å². The second kappa shape index (κ2) is 6.12. The van der Waals surface area contributed by atoms with E-state index in [1.165, 1.54) is 11.3 Å².